The van der Waals surface area contributed by atoms with Crippen LogP contribution in [-0.4, -0.2) is 36.0 Å². The summed E-state index contributed by atoms with van der Waals surface area (Å²) in [4.78, 5) is 27.3. The van der Waals surface area contributed by atoms with Crippen molar-refractivity contribution in [3.8, 4) is 11.8 Å². The van der Waals surface area contributed by atoms with Crippen LogP contribution in [0.5, 0.6) is 5.75 Å². The topological polar surface area (TPSA) is 79.6 Å². The van der Waals surface area contributed by atoms with Gasteiger partial charge in [-0.1, -0.05) is 0 Å². The van der Waals surface area contributed by atoms with E-state index in [2.05, 4.69) is 0 Å². The first-order chi connectivity index (χ1) is 12.6. The number of fused-ring (bicyclic) bond motifs is 1. The number of esters is 1. The highest BCUT2D eigenvalue weighted by Gasteiger charge is 2.24. The summed E-state index contributed by atoms with van der Waals surface area (Å²) in [5.74, 6) is -0.350. The summed E-state index contributed by atoms with van der Waals surface area (Å²) in [6, 6.07) is 10.5. The van der Waals surface area contributed by atoms with Crippen LogP contribution in [0.25, 0.3) is 0 Å². The zero-order valence-electron chi connectivity index (χ0n) is 14.3. The highest BCUT2D eigenvalue weighted by Crippen LogP contribution is 2.24. The van der Waals surface area contributed by atoms with Gasteiger partial charge in [-0.2, -0.15) is 5.26 Å². The van der Waals surface area contributed by atoms with E-state index in [1.165, 1.54) is 10.4 Å². The number of carbonyl (C=O) groups excluding carboxylic acids is 2. The minimum absolute atomic E-state index is 0.208. The van der Waals surface area contributed by atoms with Crippen molar-refractivity contribution in [1.29, 1.82) is 5.26 Å². The number of thiophene rings is 1. The standard InChI is InChI=1S/C19H18N2O4S/c1-13(25-16-4-2-14(10-20)3-5-16)19(23)24-12-18(22)21-8-6-17-15(11-21)7-9-26-17/h2-5,7,9,13H,6,8,11-12H2,1H3. The SMILES string of the molecule is CC(Oc1ccc(C#N)cc1)C(=O)OCC(=O)N1CCc2sccc2C1. The van der Waals surface area contributed by atoms with Crippen LogP contribution in [0, 0.1) is 11.3 Å². The number of carbonyl (C=O) groups is 2. The molecule has 26 heavy (non-hydrogen) atoms. The van der Waals surface area contributed by atoms with Crippen LogP contribution in [0.15, 0.2) is 35.7 Å². The smallest absolute Gasteiger partial charge is 0.347 e. The van der Waals surface area contributed by atoms with E-state index in [0.717, 1.165) is 6.42 Å². The van der Waals surface area contributed by atoms with Crippen molar-refractivity contribution in [2.75, 3.05) is 13.2 Å². The Balaban J connectivity index is 1.47. The van der Waals surface area contributed by atoms with Crippen LogP contribution in [0.4, 0.5) is 0 Å². The van der Waals surface area contributed by atoms with Crippen molar-refractivity contribution < 1.29 is 19.1 Å². The Morgan fingerprint density at radius 2 is 2.08 bits per heavy atom. The van der Waals surface area contributed by atoms with Crippen LogP contribution in [0.2, 0.25) is 0 Å². The molecule has 2 aromatic rings. The lowest BCUT2D eigenvalue weighted by Gasteiger charge is -2.27. The molecule has 1 aliphatic rings. The normalized spacial score (nSPS) is 14.1. The van der Waals surface area contributed by atoms with Crippen LogP contribution in [0.3, 0.4) is 0 Å². The summed E-state index contributed by atoms with van der Waals surface area (Å²) >= 11 is 1.71. The third kappa shape index (κ3) is 4.21. The lowest BCUT2D eigenvalue weighted by molar-refractivity contribution is -0.157. The summed E-state index contributed by atoms with van der Waals surface area (Å²) in [5.41, 5.74) is 1.67. The first kappa shape index (κ1) is 18.0. The maximum Gasteiger partial charge on any atom is 0.347 e. The maximum absolute atomic E-state index is 12.3. The Morgan fingerprint density at radius 1 is 1.31 bits per heavy atom. The highest BCUT2D eigenvalue weighted by atomic mass is 32.1. The quantitative estimate of drug-likeness (QED) is 0.756. The van der Waals surface area contributed by atoms with Gasteiger partial charge in [-0.05, 0) is 54.6 Å². The number of hydrogen-bond donors (Lipinski definition) is 0. The lowest BCUT2D eigenvalue weighted by atomic mass is 10.1. The van der Waals surface area contributed by atoms with E-state index in [0.29, 0.717) is 24.4 Å². The van der Waals surface area contributed by atoms with Crippen molar-refractivity contribution in [2.45, 2.75) is 26.0 Å². The van der Waals surface area contributed by atoms with Gasteiger partial charge in [0.1, 0.15) is 5.75 Å². The van der Waals surface area contributed by atoms with Gasteiger partial charge in [0.15, 0.2) is 12.7 Å². The molecule has 7 heteroatoms. The van der Waals surface area contributed by atoms with Crippen molar-refractivity contribution in [3.63, 3.8) is 0 Å². The molecule has 0 aliphatic carbocycles. The zero-order chi connectivity index (χ0) is 18.5. The highest BCUT2D eigenvalue weighted by molar-refractivity contribution is 7.10. The van der Waals surface area contributed by atoms with Gasteiger partial charge in [-0.15, -0.1) is 11.3 Å². The Kier molecular flexibility index (Phi) is 5.54. The molecule has 0 bridgehead atoms. The summed E-state index contributed by atoms with van der Waals surface area (Å²) in [7, 11) is 0. The number of amides is 1. The molecule has 6 nitrogen and oxygen atoms in total. The average molecular weight is 370 g/mol. The average Bonchev–Trinajstić information content (AvgIpc) is 3.14. The molecule has 1 aliphatic heterocycles. The van der Waals surface area contributed by atoms with E-state index >= 15 is 0 Å². The van der Waals surface area contributed by atoms with Crippen LogP contribution in [0.1, 0.15) is 22.9 Å². The minimum Gasteiger partial charge on any atom is -0.479 e. The Morgan fingerprint density at radius 3 is 2.81 bits per heavy atom. The van der Waals surface area contributed by atoms with E-state index < -0.39 is 12.1 Å². The molecule has 1 aromatic heterocycles. The number of benzene rings is 1. The van der Waals surface area contributed by atoms with E-state index in [1.54, 1.807) is 47.4 Å². The molecule has 0 saturated heterocycles. The third-order valence-corrected chi connectivity index (χ3v) is 5.15. The molecule has 0 N–H and O–H groups in total. The van der Waals surface area contributed by atoms with Crippen molar-refractivity contribution >= 4 is 23.2 Å². The lowest BCUT2D eigenvalue weighted by Crippen LogP contribution is -2.39. The number of nitrogens with zero attached hydrogens (tertiary/aromatic N) is 2. The molecular formula is C19H18N2O4S. The Hall–Kier alpha value is -2.85. The van der Waals surface area contributed by atoms with Gasteiger partial charge in [0, 0.05) is 18.0 Å². The second-order valence-electron chi connectivity index (χ2n) is 5.94. The van der Waals surface area contributed by atoms with Gasteiger partial charge in [-0.3, -0.25) is 4.79 Å². The summed E-state index contributed by atoms with van der Waals surface area (Å²) < 4.78 is 10.6. The van der Waals surface area contributed by atoms with Gasteiger partial charge >= 0.3 is 5.97 Å². The molecule has 0 radical (unpaired) electrons. The van der Waals surface area contributed by atoms with Crippen LogP contribution in [-0.2, 0) is 27.3 Å². The fourth-order valence-electron chi connectivity index (χ4n) is 2.66. The molecule has 1 amide bonds. The van der Waals surface area contributed by atoms with Crippen LogP contribution < -0.4 is 4.74 Å². The summed E-state index contributed by atoms with van der Waals surface area (Å²) in [6.45, 7) is 2.47. The second-order valence-corrected chi connectivity index (χ2v) is 6.94. The number of hydrogen-bond acceptors (Lipinski definition) is 6. The van der Waals surface area contributed by atoms with Crippen molar-refractivity contribution in [2.24, 2.45) is 0 Å². The molecule has 0 saturated carbocycles. The van der Waals surface area contributed by atoms with Crippen molar-refractivity contribution in [1.82, 2.24) is 4.90 Å². The summed E-state index contributed by atoms with van der Waals surface area (Å²) in [5, 5.41) is 10.8. The molecule has 0 spiro atoms. The van der Waals surface area contributed by atoms with Crippen LogP contribution >= 0.6 is 11.3 Å². The monoisotopic (exact) mass is 370 g/mol. The molecule has 0 fully saturated rings. The van der Waals surface area contributed by atoms with Gasteiger partial charge in [-0.25, -0.2) is 4.79 Å². The Labute approximate surface area is 155 Å². The Bertz CT molecular complexity index is 838. The zero-order valence-corrected chi connectivity index (χ0v) is 15.1. The minimum atomic E-state index is -0.847. The van der Waals surface area contributed by atoms with E-state index in [1.807, 2.05) is 17.5 Å². The van der Waals surface area contributed by atoms with Gasteiger partial charge < -0.3 is 14.4 Å². The first-order valence-electron chi connectivity index (χ1n) is 8.23. The maximum atomic E-state index is 12.3. The molecule has 1 unspecified atom stereocenters. The summed E-state index contributed by atoms with van der Waals surface area (Å²) in [6.07, 6.45) is -0.00851. The molecule has 2 heterocycles. The second kappa shape index (κ2) is 8.02. The number of rotatable bonds is 5. The number of nitriles is 1. The van der Waals surface area contributed by atoms with E-state index in [9.17, 15) is 9.59 Å². The fourth-order valence-corrected chi connectivity index (χ4v) is 3.55. The van der Waals surface area contributed by atoms with Gasteiger partial charge in [0.25, 0.3) is 5.91 Å². The molecule has 3 rings (SSSR count). The van der Waals surface area contributed by atoms with Gasteiger partial charge in [0.2, 0.25) is 0 Å². The molecule has 134 valence electrons. The predicted octanol–water partition coefficient (Wildman–Crippen LogP) is 2.52. The van der Waals surface area contributed by atoms with Gasteiger partial charge in [0.05, 0.1) is 11.6 Å². The molecule has 1 aromatic carbocycles. The van der Waals surface area contributed by atoms with Crippen molar-refractivity contribution in [3.05, 3.63) is 51.7 Å². The molecular weight excluding hydrogens is 352 g/mol. The predicted molar refractivity (Wildman–Crippen MR) is 95.6 cm³/mol. The largest absolute Gasteiger partial charge is 0.479 e. The van der Waals surface area contributed by atoms with E-state index in [4.69, 9.17) is 14.7 Å². The first-order valence-corrected chi connectivity index (χ1v) is 9.11. The fraction of sp³-hybridized carbons (Fsp3) is 0.316. The third-order valence-electron chi connectivity index (χ3n) is 4.13. The van der Waals surface area contributed by atoms with E-state index in [-0.39, 0.29) is 12.5 Å². The molecule has 1 atom stereocenters. The number of ether oxygens (including phenoxy) is 2.